The molecule has 1 fully saturated rings. The maximum Gasteiger partial charge on any atom is 0.243 e. The molecule has 1 aromatic rings. The molecular formula is C20H28N2O3S. The predicted octanol–water partition coefficient (Wildman–Crippen LogP) is 3.93. The highest BCUT2D eigenvalue weighted by molar-refractivity contribution is 7.89. The smallest absolute Gasteiger partial charge is 0.243 e. The molecule has 6 heteroatoms. The minimum absolute atomic E-state index is 0.0310. The number of hydrogen-bond acceptors (Lipinski definition) is 3. The first-order chi connectivity index (χ1) is 12.5. The van der Waals surface area contributed by atoms with Crippen molar-refractivity contribution in [3.8, 4) is 0 Å². The number of nitrogens with zero attached hydrogens (tertiary/aromatic N) is 1. The maximum atomic E-state index is 12.8. The van der Waals surface area contributed by atoms with Gasteiger partial charge in [-0.05, 0) is 55.9 Å². The zero-order chi connectivity index (χ0) is 18.6. The quantitative estimate of drug-likeness (QED) is 0.765. The minimum Gasteiger partial charge on any atom is -0.326 e. The summed E-state index contributed by atoms with van der Waals surface area (Å²) in [6.07, 6.45) is 12.0. The van der Waals surface area contributed by atoms with E-state index in [1.165, 1.54) is 10.7 Å². The second-order valence-electron chi connectivity index (χ2n) is 7.36. The average molecular weight is 377 g/mol. The summed E-state index contributed by atoms with van der Waals surface area (Å²) in [6.45, 7) is 0. The summed E-state index contributed by atoms with van der Waals surface area (Å²) in [4.78, 5) is 12.4. The molecule has 1 amide bonds. The highest BCUT2D eigenvalue weighted by atomic mass is 32.2. The lowest BCUT2D eigenvalue weighted by Gasteiger charge is -2.30. The molecule has 142 valence electrons. The Morgan fingerprint density at radius 1 is 1.12 bits per heavy atom. The fourth-order valence-electron chi connectivity index (χ4n) is 3.83. The van der Waals surface area contributed by atoms with Crippen LogP contribution in [0, 0.1) is 5.92 Å². The molecule has 2 aliphatic rings. The van der Waals surface area contributed by atoms with Crippen molar-refractivity contribution in [3.05, 3.63) is 36.4 Å². The molecule has 0 heterocycles. The van der Waals surface area contributed by atoms with E-state index in [1.54, 1.807) is 31.3 Å². The SMILES string of the molecule is CN(C1CCCCC1)S(=O)(=O)c1ccc(NC(=O)CC2C=CCC2)cc1. The van der Waals surface area contributed by atoms with E-state index < -0.39 is 10.0 Å². The van der Waals surface area contributed by atoms with Gasteiger partial charge in [-0.1, -0.05) is 31.4 Å². The number of benzene rings is 1. The molecule has 0 aliphatic heterocycles. The van der Waals surface area contributed by atoms with Crippen molar-refractivity contribution in [1.82, 2.24) is 4.31 Å². The van der Waals surface area contributed by atoms with Crippen LogP contribution in [-0.2, 0) is 14.8 Å². The molecule has 5 nitrogen and oxygen atoms in total. The molecule has 3 rings (SSSR count). The maximum absolute atomic E-state index is 12.8. The number of rotatable bonds is 6. The first-order valence-electron chi connectivity index (χ1n) is 9.51. The van der Waals surface area contributed by atoms with Crippen molar-refractivity contribution in [2.75, 3.05) is 12.4 Å². The van der Waals surface area contributed by atoms with Crippen molar-refractivity contribution in [1.29, 1.82) is 0 Å². The number of carbonyl (C=O) groups excluding carboxylic acids is 1. The van der Waals surface area contributed by atoms with E-state index in [2.05, 4.69) is 17.5 Å². The van der Waals surface area contributed by atoms with Crippen molar-refractivity contribution in [3.63, 3.8) is 0 Å². The number of allylic oxidation sites excluding steroid dienone is 2. The lowest BCUT2D eigenvalue weighted by molar-refractivity contribution is -0.116. The number of carbonyl (C=O) groups is 1. The summed E-state index contributed by atoms with van der Waals surface area (Å²) >= 11 is 0. The van der Waals surface area contributed by atoms with E-state index in [4.69, 9.17) is 0 Å². The Bertz CT molecular complexity index is 750. The van der Waals surface area contributed by atoms with Gasteiger partial charge >= 0.3 is 0 Å². The van der Waals surface area contributed by atoms with Crippen LogP contribution in [0.4, 0.5) is 5.69 Å². The van der Waals surface area contributed by atoms with Gasteiger partial charge in [-0.25, -0.2) is 8.42 Å². The topological polar surface area (TPSA) is 66.5 Å². The summed E-state index contributed by atoms with van der Waals surface area (Å²) in [6, 6.07) is 6.60. The largest absolute Gasteiger partial charge is 0.326 e. The van der Waals surface area contributed by atoms with Gasteiger partial charge in [0.25, 0.3) is 0 Å². The number of hydrogen-bond donors (Lipinski definition) is 1. The van der Waals surface area contributed by atoms with Gasteiger partial charge in [0, 0.05) is 25.2 Å². The van der Waals surface area contributed by atoms with E-state index in [9.17, 15) is 13.2 Å². The van der Waals surface area contributed by atoms with E-state index in [-0.39, 0.29) is 16.8 Å². The summed E-state index contributed by atoms with van der Waals surface area (Å²) in [5.41, 5.74) is 0.635. The van der Waals surface area contributed by atoms with Crippen molar-refractivity contribution >= 4 is 21.6 Å². The van der Waals surface area contributed by atoms with Gasteiger partial charge in [0.1, 0.15) is 0 Å². The third-order valence-electron chi connectivity index (χ3n) is 5.46. The van der Waals surface area contributed by atoms with Gasteiger partial charge in [-0.2, -0.15) is 4.31 Å². The number of nitrogens with one attached hydrogen (secondary N) is 1. The highest BCUT2D eigenvalue weighted by Crippen LogP contribution is 2.27. The Balaban J connectivity index is 1.62. The summed E-state index contributed by atoms with van der Waals surface area (Å²) < 4.78 is 27.2. The van der Waals surface area contributed by atoms with E-state index in [0.717, 1.165) is 38.5 Å². The number of sulfonamides is 1. The van der Waals surface area contributed by atoms with E-state index in [1.807, 2.05) is 0 Å². The molecule has 1 aromatic carbocycles. The molecule has 26 heavy (non-hydrogen) atoms. The van der Waals surface area contributed by atoms with Crippen LogP contribution < -0.4 is 5.32 Å². The van der Waals surface area contributed by atoms with Crippen LogP contribution in [-0.4, -0.2) is 31.7 Å². The average Bonchev–Trinajstić information content (AvgIpc) is 3.15. The second kappa shape index (κ2) is 8.35. The number of anilines is 1. The Labute approximate surface area is 156 Å². The Hall–Kier alpha value is -1.66. The van der Waals surface area contributed by atoms with E-state index >= 15 is 0 Å². The van der Waals surface area contributed by atoms with Crippen molar-refractivity contribution in [2.24, 2.45) is 5.92 Å². The van der Waals surface area contributed by atoms with Crippen molar-refractivity contribution < 1.29 is 13.2 Å². The highest BCUT2D eigenvalue weighted by Gasteiger charge is 2.28. The normalized spacial score (nSPS) is 21.2. The van der Waals surface area contributed by atoms with Crippen LogP contribution in [0.2, 0.25) is 0 Å². The zero-order valence-corrected chi connectivity index (χ0v) is 16.2. The monoisotopic (exact) mass is 376 g/mol. The molecule has 0 radical (unpaired) electrons. The molecule has 0 bridgehead atoms. The molecule has 2 aliphatic carbocycles. The zero-order valence-electron chi connectivity index (χ0n) is 15.4. The molecule has 1 atom stereocenters. The van der Waals surface area contributed by atoms with Gasteiger partial charge in [0.2, 0.25) is 15.9 Å². The third kappa shape index (κ3) is 4.54. The Morgan fingerprint density at radius 3 is 2.42 bits per heavy atom. The first-order valence-corrected chi connectivity index (χ1v) is 11.0. The van der Waals surface area contributed by atoms with Crippen LogP contribution in [0.1, 0.15) is 51.4 Å². The fourth-order valence-corrected chi connectivity index (χ4v) is 5.25. The summed E-state index contributed by atoms with van der Waals surface area (Å²) in [5, 5.41) is 2.86. The van der Waals surface area contributed by atoms with Gasteiger partial charge in [-0.15, -0.1) is 0 Å². The number of amides is 1. The molecule has 0 saturated heterocycles. The Morgan fingerprint density at radius 2 is 1.81 bits per heavy atom. The lowest BCUT2D eigenvalue weighted by Crippen LogP contribution is -2.38. The predicted molar refractivity (Wildman–Crippen MR) is 103 cm³/mol. The van der Waals surface area contributed by atoms with Gasteiger partial charge in [0.05, 0.1) is 4.90 Å². The molecule has 0 spiro atoms. The van der Waals surface area contributed by atoms with Gasteiger partial charge < -0.3 is 5.32 Å². The van der Waals surface area contributed by atoms with Crippen LogP contribution in [0.5, 0.6) is 0 Å². The van der Waals surface area contributed by atoms with Gasteiger partial charge in [-0.3, -0.25) is 4.79 Å². The lowest BCUT2D eigenvalue weighted by atomic mass is 9.96. The van der Waals surface area contributed by atoms with E-state index in [0.29, 0.717) is 18.0 Å². The van der Waals surface area contributed by atoms with Crippen LogP contribution in [0.3, 0.4) is 0 Å². The first kappa shape index (κ1) is 19.1. The molecule has 1 N–H and O–H groups in total. The van der Waals surface area contributed by atoms with Crippen molar-refractivity contribution in [2.45, 2.75) is 62.3 Å². The molecule has 1 saturated carbocycles. The third-order valence-corrected chi connectivity index (χ3v) is 7.39. The standard InChI is InChI=1S/C20H28N2O3S/c1-22(18-9-3-2-4-10-18)26(24,25)19-13-11-17(12-14-19)21-20(23)15-16-7-5-6-8-16/h5,7,11-14,16,18H,2-4,6,8-10,15H2,1H3,(H,21,23). The van der Waals surface area contributed by atoms with Crippen LogP contribution in [0.15, 0.2) is 41.3 Å². The second-order valence-corrected chi connectivity index (χ2v) is 9.35. The van der Waals surface area contributed by atoms with Gasteiger partial charge in [0.15, 0.2) is 0 Å². The Kier molecular flexibility index (Phi) is 6.14. The minimum atomic E-state index is -3.49. The van der Waals surface area contributed by atoms with Crippen LogP contribution in [0.25, 0.3) is 0 Å². The summed E-state index contributed by atoms with van der Waals surface area (Å²) in [5.74, 6) is 0.287. The van der Waals surface area contributed by atoms with Crippen LogP contribution >= 0.6 is 0 Å². The molecule has 0 aromatic heterocycles. The molecule has 1 unspecified atom stereocenters. The fraction of sp³-hybridized carbons (Fsp3) is 0.550. The summed E-state index contributed by atoms with van der Waals surface area (Å²) in [7, 11) is -1.81. The molecular weight excluding hydrogens is 348 g/mol.